The number of aromatic nitrogens is 5. The molecule has 0 aliphatic carbocycles. The van der Waals surface area contributed by atoms with Gasteiger partial charge in [-0.25, -0.2) is 14.4 Å². The predicted molar refractivity (Wildman–Crippen MR) is 105 cm³/mol. The third-order valence-electron chi connectivity index (χ3n) is 4.23. The van der Waals surface area contributed by atoms with E-state index < -0.39 is 11.7 Å². The van der Waals surface area contributed by atoms with E-state index in [1.807, 2.05) is 0 Å². The SMILES string of the molecule is COc1ccc(-c2csc(NC(=O)Cn3cnc4c(cnn4C)c3=O)n2)cc1F. The van der Waals surface area contributed by atoms with Gasteiger partial charge in [-0.1, -0.05) is 0 Å². The number of ether oxygens (including phenoxy) is 1. The fraction of sp³-hybridized carbons (Fsp3) is 0.167. The number of fused-ring (bicyclic) bond motifs is 1. The summed E-state index contributed by atoms with van der Waals surface area (Å²) in [6.07, 6.45) is 2.72. The van der Waals surface area contributed by atoms with Crippen molar-refractivity contribution in [2.75, 3.05) is 12.4 Å². The third-order valence-corrected chi connectivity index (χ3v) is 4.99. The number of aryl methyl sites for hydroxylation is 1. The van der Waals surface area contributed by atoms with Crippen LogP contribution in [0.5, 0.6) is 5.75 Å². The molecule has 0 aliphatic rings. The molecule has 148 valence electrons. The molecule has 0 fully saturated rings. The van der Waals surface area contributed by atoms with Gasteiger partial charge in [0.15, 0.2) is 22.3 Å². The van der Waals surface area contributed by atoms with Gasteiger partial charge < -0.3 is 10.1 Å². The molecular formula is C18H15FN6O3S. The molecule has 1 amide bonds. The van der Waals surface area contributed by atoms with Crippen molar-refractivity contribution < 1.29 is 13.9 Å². The van der Waals surface area contributed by atoms with Gasteiger partial charge in [-0.2, -0.15) is 5.10 Å². The molecule has 29 heavy (non-hydrogen) atoms. The van der Waals surface area contributed by atoms with Gasteiger partial charge >= 0.3 is 0 Å². The maximum absolute atomic E-state index is 13.9. The third kappa shape index (κ3) is 3.59. The van der Waals surface area contributed by atoms with E-state index in [-0.39, 0.29) is 17.9 Å². The Balaban J connectivity index is 1.49. The van der Waals surface area contributed by atoms with Crippen LogP contribution in [0, 0.1) is 5.82 Å². The predicted octanol–water partition coefficient (Wildman–Crippen LogP) is 2.04. The van der Waals surface area contributed by atoms with Crippen LogP contribution in [0.4, 0.5) is 9.52 Å². The number of nitrogens with zero attached hydrogens (tertiary/aromatic N) is 5. The van der Waals surface area contributed by atoms with Gasteiger partial charge in [-0.05, 0) is 18.2 Å². The summed E-state index contributed by atoms with van der Waals surface area (Å²) in [4.78, 5) is 33.2. The van der Waals surface area contributed by atoms with Crippen molar-refractivity contribution in [2.24, 2.45) is 7.05 Å². The molecule has 11 heteroatoms. The molecular weight excluding hydrogens is 399 g/mol. The number of carbonyl (C=O) groups is 1. The fourth-order valence-electron chi connectivity index (χ4n) is 2.78. The van der Waals surface area contributed by atoms with E-state index in [1.165, 1.54) is 52.4 Å². The summed E-state index contributed by atoms with van der Waals surface area (Å²) in [6, 6.07) is 4.50. The average molecular weight is 414 g/mol. The first-order chi connectivity index (χ1) is 14.0. The van der Waals surface area contributed by atoms with Crippen LogP contribution < -0.4 is 15.6 Å². The van der Waals surface area contributed by atoms with Crippen molar-refractivity contribution in [3.05, 3.63) is 52.3 Å². The molecule has 0 spiro atoms. The molecule has 0 unspecified atom stereocenters. The Bertz CT molecular complexity index is 1280. The van der Waals surface area contributed by atoms with Crippen molar-refractivity contribution in [1.29, 1.82) is 0 Å². The molecule has 9 nitrogen and oxygen atoms in total. The largest absolute Gasteiger partial charge is 0.494 e. The van der Waals surface area contributed by atoms with Crippen LogP contribution in [0.1, 0.15) is 0 Å². The number of thiazole rings is 1. The maximum atomic E-state index is 13.9. The highest BCUT2D eigenvalue weighted by molar-refractivity contribution is 7.14. The lowest BCUT2D eigenvalue weighted by Crippen LogP contribution is -2.27. The Morgan fingerprint density at radius 1 is 1.38 bits per heavy atom. The first-order valence-corrected chi connectivity index (χ1v) is 9.30. The first kappa shape index (κ1) is 18.7. The zero-order chi connectivity index (χ0) is 20.5. The van der Waals surface area contributed by atoms with Crippen LogP contribution in [-0.2, 0) is 18.4 Å². The van der Waals surface area contributed by atoms with Crippen molar-refractivity contribution in [2.45, 2.75) is 6.54 Å². The standard InChI is InChI=1S/C18H15FN6O3S/c1-24-16-11(6-21-24)17(27)25(9-20-16)7-15(26)23-18-22-13(8-29-18)10-3-4-14(28-2)12(19)5-10/h3-6,8-9H,7H2,1-2H3,(H,22,23,26). The fourth-order valence-corrected chi connectivity index (χ4v) is 3.52. The number of halogens is 1. The number of nitrogens with one attached hydrogen (secondary N) is 1. The zero-order valence-electron chi connectivity index (χ0n) is 15.4. The molecule has 0 radical (unpaired) electrons. The number of anilines is 1. The molecule has 4 aromatic rings. The Kier molecular flexibility index (Phi) is 4.80. The van der Waals surface area contributed by atoms with Gasteiger partial charge in [-0.3, -0.25) is 18.8 Å². The molecule has 3 heterocycles. The average Bonchev–Trinajstić information content (AvgIpc) is 3.31. The van der Waals surface area contributed by atoms with E-state index in [0.29, 0.717) is 27.4 Å². The van der Waals surface area contributed by atoms with Gasteiger partial charge in [0.1, 0.15) is 18.3 Å². The number of rotatable bonds is 5. The number of amides is 1. The number of hydrogen-bond donors (Lipinski definition) is 1. The molecule has 1 N–H and O–H groups in total. The lowest BCUT2D eigenvalue weighted by molar-refractivity contribution is -0.116. The summed E-state index contributed by atoms with van der Waals surface area (Å²) in [5.74, 6) is -0.789. The van der Waals surface area contributed by atoms with Gasteiger partial charge in [0.05, 0.1) is 19.0 Å². The van der Waals surface area contributed by atoms with E-state index in [2.05, 4.69) is 20.4 Å². The highest BCUT2D eigenvalue weighted by Crippen LogP contribution is 2.28. The maximum Gasteiger partial charge on any atom is 0.264 e. The Hall–Kier alpha value is -3.60. The van der Waals surface area contributed by atoms with Crippen molar-refractivity contribution in [3.63, 3.8) is 0 Å². The summed E-state index contributed by atoms with van der Waals surface area (Å²) in [5, 5.41) is 9.00. The van der Waals surface area contributed by atoms with E-state index in [9.17, 15) is 14.0 Å². The number of hydrogen-bond acceptors (Lipinski definition) is 7. The summed E-state index contributed by atoms with van der Waals surface area (Å²) >= 11 is 1.20. The minimum Gasteiger partial charge on any atom is -0.494 e. The van der Waals surface area contributed by atoms with Crippen LogP contribution in [-0.4, -0.2) is 37.3 Å². The summed E-state index contributed by atoms with van der Waals surface area (Å²) in [5.41, 5.74) is 1.17. The summed E-state index contributed by atoms with van der Waals surface area (Å²) in [7, 11) is 3.07. The van der Waals surface area contributed by atoms with Crippen LogP contribution in [0.2, 0.25) is 0 Å². The number of benzene rings is 1. The van der Waals surface area contributed by atoms with E-state index in [0.717, 1.165) is 0 Å². The van der Waals surface area contributed by atoms with Gasteiger partial charge in [0.2, 0.25) is 5.91 Å². The second-order valence-corrected chi connectivity index (χ2v) is 6.98. The summed E-state index contributed by atoms with van der Waals surface area (Å²) in [6.45, 7) is -0.219. The molecule has 1 aromatic carbocycles. The first-order valence-electron chi connectivity index (χ1n) is 8.42. The Morgan fingerprint density at radius 3 is 2.97 bits per heavy atom. The molecule has 3 aromatic heterocycles. The second kappa shape index (κ2) is 7.43. The normalized spacial score (nSPS) is 11.0. The highest BCUT2D eigenvalue weighted by atomic mass is 32.1. The molecule has 4 rings (SSSR count). The van der Waals surface area contributed by atoms with Crippen molar-refractivity contribution in [1.82, 2.24) is 24.3 Å². The van der Waals surface area contributed by atoms with Crippen LogP contribution in [0.25, 0.3) is 22.3 Å². The Morgan fingerprint density at radius 2 is 2.21 bits per heavy atom. The van der Waals surface area contributed by atoms with Crippen molar-refractivity contribution in [3.8, 4) is 17.0 Å². The van der Waals surface area contributed by atoms with Gasteiger partial charge in [0.25, 0.3) is 5.56 Å². The highest BCUT2D eigenvalue weighted by Gasteiger charge is 2.13. The molecule has 0 saturated heterocycles. The Labute approximate surface area is 167 Å². The molecule has 0 bridgehead atoms. The van der Waals surface area contributed by atoms with E-state index >= 15 is 0 Å². The van der Waals surface area contributed by atoms with Crippen molar-refractivity contribution >= 4 is 33.4 Å². The minimum absolute atomic E-state index is 0.141. The van der Waals surface area contributed by atoms with E-state index in [4.69, 9.17) is 4.74 Å². The topological polar surface area (TPSA) is 104 Å². The monoisotopic (exact) mass is 414 g/mol. The lowest BCUT2D eigenvalue weighted by Gasteiger charge is -2.05. The zero-order valence-corrected chi connectivity index (χ0v) is 16.2. The molecule has 0 atom stereocenters. The second-order valence-electron chi connectivity index (χ2n) is 6.12. The molecule has 0 saturated carbocycles. The number of carbonyl (C=O) groups excluding carboxylic acids is 1. The van der Waals surface area contributed by atoms with Crippen LogP contribution in [0.3, 0.4) is 0 Å². The quantitative estimate of drug-likeness (QED) is 0.536. The van der Waals surface area contributed by atoms with E-state index in [1.54, 1.807) is 18.5 Å². The lowest BCUT2D eigenvalue weighted by atomic mass is 10.1. The van der Waals surface area contributed by atoms with Crippen LogP contribution in [0.15, 0.2) is 40.9 Å². The van der Waals surface area contributed by atoms with Gasteiger partial charge in [0, 0.05) is 18.0 Å². The van der Waals surface area contributed by atoms with Crippen LogP contribution >= 0.6 is 11.3 Å². The smallest absolute Gasteiger partial charge is 0.264 e. The molecule has 0 aliphatic heterocycles. The van der Waals surface area contributed by atoms with Gasteiger partial charge in [-0.15, -0.1) is 11.3 Å². The minimum atomic E-state index is -0.499. The summed E-state index contributed by atoms with van der Waals surface area (Å²) < 4.78 is 21.5. The number of methoxy groups -OCH3 is 1.